The molecule has 0 atom stereocenters. The van der Waals surface area contributed by atoms with Gasteiger partial charge in [-0.25, -0.2) is 0 Å². The fraction of sp³-hybridized carbons (Fsp3) is 0.556. The molecule has 0 fully saturated rings. The first-order valence-electron chi connectivity index (χ1n) is 8.07. The molecule has 0 aliphatic heterocycles. The largest absolute Gasteiger partial charge is 0.493 e. The van der Waals surface area contributed by atoms with Crippen molar-refractivity contribution in [2.45, 2.75) is 33.2 Å². The van der Waals surface area contributed by atoms with Crippen LogP contribution in [0.2, 0.25) is 0 Å². The Morgan fingerprint density at radius 2 is 1.56 bits per heavy atom. The number of benzene rings is 1. The lowest BCUT2D eigenvalue weighted by atomic mass is 10.1. The van der Waals surface area contributed by atoms with Crippen molar-refractivity contribution < 1.29 is 23.8 Å². The molecule has 0 heterocycles. The van der Waals surface area contributed by atoms with Crippen molar-refractivity contribution in [2.75, 3.05) is 34.4 Å². The first-order chi connectivity index (χ1) is 11.7. The Hall–Kier alpha value is -2.44. The van der Waals surface area contributed by atoms with Crippen LogP contribution in [-0.2, 0) is 4.79 Å². The number of nitrogens with one attached hydrogen (secondary N) is 1. The minimum absolute atomic E-state index is 0.0245. The lowest BCUT2D eigenvalue weighted by Crippen LogP contribution is -2.47. The van der Waals surface area contributed by atoms with Crippen LogP contribution in [0.5, 0.6) is 17.2 Å². The molecule has 0 saturated carbocycles. The molecule has 1 aromatic carbocycles. The fourth-order valence-electron chi connectivity index (χ4n) is 2.35. The molecule has 0 spiro atoms. The highest BCUT2D eigenvalue weighted by molar-refractivity contribution is 5.97. The van der Waals surface area contributed by atoms with Crippen LogP contribution in [0.4, 0.5) is 0 Å². The van der Waals surface area contributed by atoms with Gasteiger partial charge in [0.1, 0.15) is 0 Å². The molecule has 0 aliphatic rings. The number of ether oxygens (including phenoxy) is 3. The van der Waals surface area contributed by atoms with Crippen LogP contribution in [0.3, 0.4) is 0 Å². The Labute approximate surface area is 149 Å². The van der Waals surface area contributed by atoms with E-state index in [0.717, 1.165) is 0 Å². The van der Waals surface area contributed by atoms with Crippen molar-refractivity contribution in [3.63, 3.8) is 0 Å². The van der Waals surface area contributed by atoms with E-state index in [-0.39, 0.29) is 23.9 Å². The molecule has 25 heavy (non-hydrogen) atoms. The molecule has 0 saturated heterocycles. The molecule has 1 rings (SSSR count). The SMILES string of the molecule is CCN(CC(=O)NC(C)(C)C)C(=O)c1cc(OC)c(OC)c(OC)c1. The van der Waals surface area contributed by atoms with Crippen LogP contribution in [0.25, 0.3) is 0 Å². The summed E-state index contributed by atoms with van der Waals surface area (Å²) in [7, 11) is 4.47. The van der Waals surface area contributed by atoms with Crippen molar-refractivity contribution in [2.24, 2.45) is 0 Å². The van der Waals surface area contributed by atoms with Gasteiger partial charge in [-0.1, -0.05) is 0 Å². The van der Waals surface area contributed by atoms with E-state index in [9.17, 15) is 9.59 Å². The first kappa shape index (κ1) is 20.6. The highest BCUT2D eigenvalue weighted by Gasteiger charge is 2.23. The predicted octanol–water partition coefficient (Wildman–Crippen LogP) is 2.09. The van der Waals surface area contributed by atoms with Crippen LogP contribution < -0.4 is 19.5 Å². The third-order valence-corrected chi connectivity index (χ3v) is 3.43. The van der Waals surface area contributed by atoms with Crippen LogP contribution in [0.1, 0.15) is 38.1 Å². The van der Waals surface area contributed by atoms with Crippen molar-refractivity contribution >= 4 is 11.8 Å². The zero-order chi connectivity index (χ0) is 19.2. The quantitative estimate of drug-likeness (QED) is 0.813. The number of nitrogens with zero attached hydrogens (tertiary/aromatic N) is 1. The number of carbonyl (C=O) groups is 2. The van der Waals surface area contributed by atoms with Crippen molar-refractivity contribution in [3.8, 4) is 17.2 Å². The standard InChI is InChI=1S/C18H28N2O5/c1-8-20(11-15(21)19-18(2,3)4)17(22)12-9-13(23-5)16(25-7)14(10-12)24-6/h9-10H,8,11H2,1-7H3,(H,19,21). The summed E-state index contributed by atoms with van der Waals surface area (Å²) in [4.78, 5) is 26.4. The van der Waals surface area contributed by atoms with Gasteiger partial charge in [-0.3, -0.25) is 9.59 Å². The van der Waals surface area contributed by atoms with Crippen molar-refractivity contribution in [1.82, 2.24) is 10.2 Å². The van der Waals surface area contributed by atoms with E-state index in [1.54, 1.807) is 12.1 Å². The minimum atomic E-state index is -0.355. The summed E-state index contributed by atoms with van der Waals surface area (Å²) in [6, 6.07) is 3.15. The van der Waals surface area contributed by atoms with E-state index in [4.69, 9.17) is 14.2 Å². The number of hydrogen-bond donors (Lipinski definition) is 1. The second-order valence-corrected chi connectivity index (χ2v) is 6.53. The maximum Gasteiger partial charge on any atom is 0.254 e. The van der Waals surface area contributed by atoms with Crippen LogP contribution in [-0.4, -0.2) is 56.7 Å². The summed E-state index contributed by atoms with van der Waals surface area (Å²) >= 11 is 0. The maximum atomic E-state index is 12.8. The van der Waals surface area contributed by atoms with Crippen LogP contribution >= 0.6 is 0 Å². The number of hydrogen-bond acceptors (Lipinski definition) is 5. The number of rotatable bonds is 7. The summed E-state index contributed by atoms with van der Waals surface area (Å²) in [5.74, 6) is 0.692. The molecular formula is C18H28N2O5. The van der Waals surface area contributed by atoms with Crippen LogP contribution in [0.15, 0.2) is 12.1 Å². The Balaban J connectivity index is 3.09. The van der Waals surface area contributed by atoms with Gasteiger partial charge in [0.15, 0.2) is 11.5 Å². The molecule has 7 nitrogen and oxygen atoms in total. The average Bonchev–Trinajstić information content (AvgIpc) is 2.55. The number of amides is 2. The molecule has 0 bridgehead atoms. The lowest BCUT2D eigenvalue weighted by Gasteiger charge is -2.25. The summed E-state index contributed by atoms with van der Waals surface area (Å²) in [6.45, 7) is 7.86. The van der Waals surface area contributed by atoms with Gasteiger partial charge in [0.05, 0.1) is 27.9 Å². The molecule has 0 unspecified atom stereocenters. The first-order valence-corrected chi connectivity index (χ1v) is 8.07. The average molecular weight is 352 g/mol. The van der Waals surface area contributed by atoms with Crippen LogP contribution in [0, 0.1) is 0 Å². The zero-order valence-electron chi connectivity index (χ0n) is 16.1. The van der Waals surface area contributed by atoms with Gasteiger partial charge in [0.2, 0.25) is 11.7 Å². The van der Waals surface area contributed by atoms with Crippen molar-refractivity contribution in [3.05, 3.63) is 17.7 Å². The summed E-state index contributed by atoms with van der Waals surface area (Å²) in [5, 5.41) is 2.85. The van der Waals surface area contributed by atoms with Crippen molar-refractivity contribution in [1.29, 1.82) is 0 Å². The van der Waals surface area contributed by atoms with Gasteiger partial charge in [0.25, 0.3) is 5.91 Å². The molecule has 140 valence electrons. The molecule has 2 amide bonds. The van der Waals surface area contributed by atoms with Gasteiger partial charge in [-0.05, 0) is 39.8 Å². The highest BCUT2D eigenvalue weighted by Crippen LogP contribution is 2.38. The minimum Gasteiger partial charge on any atom is -0.493 e. The summed E-state index contributed by atoms with van der Waals surface area (Å²) in [6.07, 6.45) is 0. The second-order valence-electron chi connectivity index (χ2n) is 6.53. The monoisotopic (exact) mass is 352 g/mol. The molecule has 1 aromatic rings. The van der Waals surface area contributed by atoms with Gasteiger partial charge < -0.3 is 24.4 Å². The number of methoxy groups -OCH3 is 3. The topological polar surface area (TPSA) is 77.1 Å². The summed E-state index contributed by atoms with van der Waals surface area (Å²) in [5.41, 5.74) is 0.00596. The Morgan fingerprint density at radius 3 is 1.92 bits per heavy atom. The van der Waals surface area contributed by atoms with Gasteiger partial charge in [0, 0.05) is 17.6 Å². The molecule has 0 aliphatic carbocycles. The molecule has 7 heteroatoms. The second kappa shape index (κ2) is 8.60. The Morgan fingerprint density at radius 1 is 1.04 bits per heavy atom. The van der Waals surface area contributed by atoms with Gasteiger partial charge >= 0.3 is 0 Å². The smallest absolute Gasteiger partial charge is 0.254 e. The Kier molecular flexibility index (Phi) is 7.09. The summed E-state index contributed by atoms with van der Waals surface area (Å²) < 4.78 is 15.8. The zero-order valence-corrected chi connectivity index (χ0v) is 16.1. The Bertz CT molecular complexity index is 597. The van der Waals surface area contributed by atoms with E-state index < -0.39 is 0 Å². The highest BCUT2D eigenvalue weighted by atomic mass is 16.5. The third-order valence-electron chi connectivity index (χ3n) is 3.43. The van der Waals surface area contributed by atoms with E-state index in [1.807, 2.05) is 27.7 Å². The van der Waals surface area contributed by atoms with E-state index >= 15 is 0 Å². The third kappa shape index (κ3) is 5.55. The van der Waals surface area contributed by atoms with Gasteiger partial charge in [-0.15, -0.1) is 0 Å². The number of carbonyl (C=O) groups excluding carboxylic acids is 2. The van der Waals surface area contributed by atoms with Gasteiger partial charge in [-0.2, -0.15) is 0 Å². The molecule has 1 N–H and O–H groups in total. The molecule has 0 aromatic heterocycles. The fourth-order valence-corrected chi connectivity index (χ4v) is 2.35. The van der Waals surface area contributed by atoms with E-state index in [1.165, 1.54) is 26.2 Å². The molecule has 0 radical (unpaired) electrons. The maximum absolute atomic E-state index is 12.8. The number of likely N-dealkylation sites (N-methyl/N-ethyl adjacent to an activating group) is 1. The predicted molar refractivity (Wildman–Crippen MR) is 95.6 cm³/mol. The normalized spacial score (nSPS) is 10.8. The molecular weight excluding hydrogens is 324 g/mol. The van der Waals surface area contributed by atoms with E-state index in [0.29, 0.717) is 29.4 Å². The van der Waals surface area contributed by atoms with E-state index in [2.05, 4.69) is 5.32 Å². The lowest BCUT2D eigenvalue weighted by molar-refractivity contribution is -0.123.